The Morgan fingerprint density at radius 3 is 2.32 bits per heavy atom. The Labute approximate surface area is 189 Å². The number of nitrogens with zero attached hydrogens (tertiary/aromatic N) is 1. The zero-order chi connectivity index (χ0) is 22.2. The van der Waals surface area contributed by atoms with Crippen LogP contribution in [0.25, 0.3) is 0 Å². The Kier molecular flexibility index (Phi) is 7.65. The third-order valence-electron chi connectivity index (χ3n) is 4.04. The van der Waals surface area contributed by atoms with E-state index in [-0.39, 0.29) is 23.1 Å². The average molecular weight is 457 g/mol. The molecule has 31 heavy (non-hydrogen) atoms. The molecule has 6 nitrogen and oxygen atoms in total. The highest BCUT2D eigenvalue weighted by molar-refractivity contribution is 6.36. The van der Waals surface area contributed by atoms with Gasteiger partial charge in [-0.25, -0.2) is 10.2 Å². The quantitative estimate of drug-likeness (QED) is 0.233. The van der Waals surface area contributed by atoms with E-state index in [4.69, 9.17) is 32.7 Å². The van der Waals surface area contributed by atoms with Crippen molar-refractivity contribution in [3.05, 3.63) is 93.5 Å². The number of carbonyl (C=O) groups is 2. The van der Waals surface area contributed by atoms with Gasteiger partial charge in [-0.1, -0.05) is 40.9 Å². The van der Waals surface area contributed by atoms with Gasteiger partial charge in [-0.3, -0.25) is 4.79 Å². The van der Waals surface area contributed by atoms with E-state index in [1.165, 1.54) is 18.3 Å². The molecule has 0 bridgehead atoms. The molecular weight excluding hydrogens is 439 g/mol. The molecule has 0 radical (unpaired) electrons. The van der Waals surface area contributed by atoms with Crippen molar-refractivity contribution in [1.82, 2.24) is 5.43 Å². The predicted molar refractivity (Wildman–Crippen MR) is 120 cm³/mol. The average Bonchev–Trinajstić information content (AvgIpc) is 2.74. The van der Waals surface area contributed by atoms with Crippen molar-refractivity contribution in [3.8, 4) is 11.5 Å². The van der Waals surface area contributed by atoms with Crippen LogP contribution in [0.4, 0.5) is 0 Å². The molecule has 0 aromatic heterocycles. The van der Waals surface area contributed by atoms with Crippen LogP contribution in [0.5, 0.6) is 11.5 Å². The molecule has 0 aliphatic heterocycles. The van der Waals surface area contributed by atoms with Gasteiger partial charge in [0, 0.05) is 5.02 Å². The van der Waals surface area contributed by atoms with Crippen LogP contribution in [-0.4, -0.2) is 24.7 Å². The summed E-state index contributed by atoms with van der Waals surface area (Å²) in [6, 6.07) is 18.5. The lowest BCUT2D eigenvalue weighted by molar-refractivity contribution is -0.123. The molecule has 1 amide bonds. The number of ether oxygens (including phenoxy) is 2. The monoisotopic (exact) mass is 456 g/mol. The fourth-order valence-corrected chi connectivity index (χ4v) is 2.92. The fraction of sp³-hybridized carbons (Fsp3) is 0.0870. The first kappa shape index (κ1) is 22.3. The van der Waals surface area contributed by atoms with Crippen molar-refractivity contribution >= 4 is 41.3 Å². The minimum Gasteiger partial charge on any atom is -0.484 e. The van der Waals surface area contributed by atoms with Gasteiger partial charge in [-0.15, -0.1) is 0 Å². The van der Waals surface area contributed by atoms with Crippen LogP contribution in [0, 0.1) is 6.92 Å². The van der Waals surface area contributed by atoms with E-state index in [0.717, 1.165) is 5.56 Å². The van der Waals surface area contributed by atoms with Crippen LogP contribution in [0.3, 0.4) is 0 Å². The van der Waals surface area contributed by atoms with Crippen LogP contribution in [-0.2, 0) is 4.79 Å². The highest BCUT2D eigenvalue weighted by Gasteiger charge is 2.13. The van der Waals surface area contributed by atoms with Crippen LogP contribution in [0.15, 0.2) is 71.8 Å². The van der Waals surface area contributed by atoms with E-state index in [1.54, 1.807) is 42.5 Å². The summed E-state index contributed by atoms with van der Waals surface area (Å²) in [6.45, 7) is 1.82. The van der Waals surface area contributed by atoms with E-state index in [1.807, 2.05) is 19.1 Å². The molecule has 3 aromatic rings. The number of rotatable bonds is 7. The minimum atomic E-state index is -0.594. The second-order valence-corrected chi connectivity index (χ2v) is 7.32. The summed E-state index contributed by atoms with van der Waals surface area (Å²) in [5, 5.41) is 4.52. The molecule has 1 N–H and O–H groups in total. The summed E-state index contributed by atoms with van der Waals surface area (Å²) in [5.74, 6) is -0.0374. The van der Waals surface area contributed by atoms with Gasteiger partial charge in [-0.05, 0) is 67.1 Å². The summed E-state index contributed by atoms with van der Waals surface area (Å²) in [7, 11) is 0. The molecular formula is C23H18Cl2N2O4. The molecule has 3 aromatic carbocycles. The summed E-state index contributed by atoms with van der Waals surface area (Å²) in [4.78, 5) is 24.0. The molecule has 0 atom stereocenters. The molecule has 0 unspecified atom stereocenters. The van der Waals surface area contributed by atoms with E-state index >= 15 is 0 Å². The molecule has 0 saturated heterocycles. The number of nitrogens with one attached hydrogen (secondary N) is 1. The molecule has 3 rings (SSSR count). The van der Waals surface area contributed by atoms with Gasteiger partial charge >= 0.3 is 5.97 Å². The lowest BCUT2D eigenvalue weighted by Gasteiger charge is -2.06. The predicted octanol–water partition coefficient (Wildman–Crippen LogP) is 5.05. The first-order valence-corrected chi connectivity index (χ1v) is 9.95. The maximum absolute atomic E-state index is 12.2. The Morgan fingerprint density at radius 2 is 1.65 bits per heavy atom. The molecule has 8 heteroatoms. The van der Waals surface area contributed by atoms with Gasteiger partial charge in [0.1, 0.15) is 11.5 Å². The van der Waals surface area contributed by atoms with Crippen molar-refractivity contribution < 1.29 is 19.1 Å². The number of hydrogen-bond donors (Lipinski definition) is 1. The number of aryl methyl sites for hydroxylation is 1. The third kappa shape index (κ3) is 6.84. The number of benzene rings is 3. The second-order valence-electron chi connectivity index (χ2n) is 6.48. The third-order valence-corrected chi connectivity index (χ3v) is 4.58. The molecule has 0 saturated carbocycles. The van der Waals surface area contributed by atoms with Gasteiger partial charge in [0.15, 0.2) is 6.61 Å². The first-order chi connectivity index (χ1) is 14.9. The molecule has 0 aliphatic carbocycles. The van der Waals surface area contributed by atoms with E-state index in [2.05, 4.69) is 10.5 Å². The van der Waals surface area contributed by atoms with Crippen molar-refractivity contribution in [2.45, 2.75) is 6.92 Å². The number of amides is 1. The van der Waals surface area contributed by atoms with E-state index in [9.17, 15) is 9.59 Å². The number of halogens is 2. The van der Waals surface area contributed by atoms with Crippen molar-refractivity contribution in [3.63, 3.8) is 0 Å². The van der Waals surface area contributed by atoms with Crippen LogP contribution < -0.4 is 14.9 Å². The molecule has 158 valence electrons. The Bertz CT molecular complexity index is 1100. The first-order valence-electron chi connectivity index (χ1n) is 9.19. The number of hydrogen-bond acceptors (Lipinski definition) is 5. The van der Waals surface area contributed by atoms with E-state index in [0.29, 0.717) is 22.1 Å². The Hall–Kier alpha value is -3.35. The van der Waals surface area contributed by atoms with Crippen molar-refractivity contribution in [2.24, 2.45) is 5.10 Å². The van der Waals surface area contributed by atoms with Gasteiger partial charge < -0.3 is 9.47 Å². The van der Waals surface area contributed by atoms with Crippen LogP contribution in [0.2, 0.25) is 10.0 Å². The van der Waals surface area contributed by atoms with Crippen LogP contribution in [0.1, 0.15) is 21.5 Å². The standard InChI is InChI=1S/C23H18Cl2N2O4/c1-15-2-7-18(8-3-15)30-14-22(28)27-26-13-16-4-9-19(10-5-16)31-23(29)20-11-6-17(24)12-21(20)25/h2-13H,14H2,1H3,(H,27,28)/b26-13-. The summed E-state index contributed by atoms with van der Waals surface area (Å²) >= 11 is 11.8. The van der Waals surface area contributed by atoms with Gasteiger partial charge in [0.2, 0.25) is 0 Å². The zero-order valence-electron chi connectivity index (χ0n) is 16.5. The maximum atomic E-state index is 12.2. The number of hydrazone groups is 1. The van der Waals surface area contributed by atoms with Crippen molar-refractivity contribution in [2.75, 3.05) is 6.61 Å². The normalized spacial score (nSPS) is 10.7. The number of esters is 1. The van der Waals surface area contributed by atoms with Gasteiger partial charge in [0.25, 0.3) is 5.91 Å². The van der Waals surface area contributed by atoms with Gasteiger partial charge in [0.05, 0.1) is 16.8 Å². The summed E-state index contributed by atoms with van der Waals surface area (Å²) < 4.78 is 10.7. The zero-order valence-corrected chi connectivity index (χ0v) is 18.0. The summed E-state index contributed by atoms with van der Waals surface area (Å²) in [6.07, 6.45) is 1.46. The van der Waals surface area contributed by atoms with Crippen LogP contribution >= 0.6 is 23.2 Å². The second kappa shape index (κ2) is 10.6. The lowest BCUT2D eigenvalue weighted by Crippen LogP contribution is -2.24. The lowest BCUT2D eigenvalue weighted by atomic mass is 10.2. The molecule has 0 aliphatic rings. The minimum absolute atomic E-state index is 0.150. The summed E-state index contributed by atoms with van der Waals surface area (Å²) in [5.41, 5.74) is 4.41. The molecule has 0 heterocycles. The number of carbonyl (C=O) groups excluding carboxylic acids is 2. The largest absolute Gasteiger partial charge is 0.484 e. The SMILES string of the molecule is Cc1ccc(OCC(=O)N/N=C\c2ccc(OC(=O)c3ccc(Cl)cc3Cl)cc2)cc1. The molecule has 0 spiro atoms. The van der Waals surface area contributed by atoms with E-state index < -0.39 is 5.97 Å². The Morgan fingerprint density at radius 1 is 0.968 bits per heavy atom. The smallest absolute Gasteiger partial charge is 0.345 e. The molecule has 0 fully saturated rings. The van der Waals surface area contributed by atoms with Crippen molar-refractivity contribution in [1.29, 1.82) is 0 Å². The topological polar surface area (TPSA) is 77.0 Å². The fourth-order valence-electron chi connectivity index (χ4n) is 2.43. The highest BCUT2D eigenvalue weighted by Crippen LogP contribution is 2.23. The Balaban J connectivity index is 1.48. The highest BCUT2D eigenvalue weighted by atomic mass is 35.5. The van der Waals surface area contributed by atoms with Gasteiger partial charge in [-0.2, -0.15) is 5.10 Å². The maximum Gasteiger partial charge on any atom is 0.345 e.